The molecular weight excluding hydrogens is 124 g/mol. The number of alkyl halides is 1. The molecule has 0 bridgehead atoms. The molecule has 46 valence electrons. The molecule has 0 aromatic heterocycles. The van der Waals surface area contributed by atoms with Crippen molar-refractivity contribution in [3.05, 3.63) is 0 Å². The number of hydrogen-bond acceptors (Lipinski definition) is 1. The fourth-order valence-corrected chi connectivity index (χ4v) is 0.240. The fraction of sp³-hybridized carbons (Fsp3) is 0.667. The van der Waals surface area contributed by atoms with Gasteiger partial charge in [-0.3, -0.25) is 0 Å². The smallest absolute Gasteiger partial charge is 0.111 e. The highest BCUT2D eigenvalue weighted by Gasteiger charge is 1.82. The first-order valence-electron chi connectivity index (χ1n) is 2.53. The normalized spacial score (nSPS) is 11.4. The van der Waals surface area contributed by atoms with E-state index in [1.54, 1.807) is 6.92 Å². The van der Waals surface area contributed by atoms with Crippen molar-refractivity contribution < 1.29 is 4.74 Å². The summed E-state index contributed by atoms with van der Waals surface area (Å²) in [7, 11) is 0. The quantitative estimate of drug-likeness (QED) is 0.389. The molecule has 0 fully saturated rings. The minimum atomic E-state index is -0.110. The first-order chi connectivity index (χ1) is 3.77. The van der Waals surface area contributed by atoms with Gasteiger partial charge in [-0.1, -0.05) is 0 Å². The van der Waals surface area contributed by atoms with E-state index >= 15 is 0 Å². The Balaban J connectivity index is 3.20. The second kappa shape index (κ2) is 4.80. The molecule has 0 aliphatic heterocycles. The third kappa shape index (κ3) is 5.65. The van der Waals surface area contributed by atoms with E-state index in [4.69, 9.17) is 16.3 Å². The van der Waals surface area contributed by atoms with Crippen LogP contribution in [-0.2, 0) is 4.74 Å². The van der Waals surface area contributed by atoms with Gasteiger partial charge in [-0.05, 0) is 19.8 Å². The average molecular weight is 133 g/mol. The number of halogens is 1. The van der Waals surface area contributed by atoms with Crippen LogP contribution >= 0.6 is 11.6 Å². The van der Waals surface area contributed by atoms with E-state index in [9.17, 15) is 0 Å². The van der Waals surface area contributed by atoms with Crippen molar-refractivity contribution >= 4 is 11.6 Å². The van der Waals surface area contributed by atoms with Crippen LogP contribution in [0.4, 0.5) is 0 Å². The molecule has 0 aromatic carbocycles. The van der Waals surface area contributed by atoms with Crippen molar-refractivity contribution in [3.8, 4) is 12.0 Å². The van der Waals surface area contributed by atoms with E-state index in [2.05, 4.69) is 12.0 Å². The van der Waals surface area contributed by atoms with Gasteiger partial charge in [0.15, 0.2) is 0 Å². The molecule has 0 radical (unpaired) electrons. The van der Waals surface area contributed by atoms with E-state index in [0.29, 0.717) is 6.61 Å². The van der Waals surface area contributed by atoms with Crippen LogP contribution in [-0.4, -0.2) is 12.0 Å². The molecule has 0 heterocycles. The molecule has 0 aliphatic carbocycles. The van der Waals surface area contributed by atoms with Crippen LogP contribution in [0.2, 0.25) is 0 Å². The maximum atomic E-state index is 5.46. The number of rotatable bonds is 1. The molecule has 0 N–H and O–H groups in total. The van der Waals surface area contributed by atoms with Gasteiger partial charge in [0.1, 0.15) is 6.11 Å². The molecule has 1 atom stereocenters. The third-order valence-electron chi connectivity index (χ3n) is 0.474. The van der Waals surface area contributed by atoms with E-state index in [1.165, 1.54) is 0 Å². The van der Waals surface area contributed by atoms with Crippen LogP contribution in [0.1, 0.15) is 13.8 Å². The Bertz CT molecular complexity index is 98.8. The Labute approximate surface area is 55.0 Å². The Morgan fingerprint density at radius 3 is 2.75 bits per heavy atom. The minimum Gasteiger partial charge on any atom is -0.447 e. The van der Waals surface area contributed by atoms with Crippen molar-refractivity contribution in [1.29, 1.82) is 0 Å². The SMILES string of the molecule is CCOC#CC(C)Cl. The van der Waals surface area contributed by atoms with Gasteiger partial charge in [-0.15, -0.1) is 11.6 Å². The van der Waals surface area contributed by atoms with Crippen molar-refractivity contribution in [1.82, 2.24) is 0 Å². The first kappa shape index (κ1) is 7.65. The topological polar surface area (TPSA) is 9.23 Å². The maximum Gasteiger partial charge on any atom is 0.111 e. The Kier molecular flexibility index (Phi) is 4.59. The summed E-state index contributed by atoms with van der Waals surface area (Å²) in [5.74, 6) is 2.64. The molecule has 0 amide bonds. The van der Waals surface area contributed by atoms with Gasteiger partial charge in [0.2, 0.25) is 0 Å². The van der Waals surface area contributed by atoms with E-state index in [-0.39, 0.29) is 5.38 Å². The Morgan fingerprint density at radius 2 is 2.38 bits per heavy atom. The predicted molar refractivity (Wildman–Crippen MR) is 34.7 cm³/mol. The summed E-state index contributed by atoms with van der Waals surface area (Å²) in [5, 5.41) is -0.110. The highest BCUT2D eigenvalue weighted by molar-refractivity contribution is 6.22. The molecule has 8 heavy (non-hydrogen) atoms. The second-order valence-electron chi connectivity index (χ2n) is 1.30. The lowest BCUT2D eigenvalue weighted by molar-refractivity contribution is 0.299. The monoisotopic (exact) mass is 132 g/mol. The summed E-state index contributed by atoms with van der Waals surface area (Å²) in [5.41, 5.74) is 0. The summed E-state index contributed by atoms with van der Waals surface area (Å²) in [6.07, 6.45) is 2.45. The molecule has 0 aromatic rings. The van der Waals surface area contributed by atoms with Gasteiger partial charge < -0.3 is 4.74 Å². The molecule has 1 nitrogen and oxygen atoms in total. The summed E-state index contributed by atoms with van der Waals surface area (Å²) in [4.78, 5) is 0. The largest absolute Gasteiger partial charge is 0.447 e. The van der Waals surface area contributed by atoms with Crippen LogP contribution < -0.4 is 0 Å². The van der Waals surface area contributed by atoms with E-state index in [1.807, 2.05) is 6.92 Å². The zero-order valence-corrected chi connectivity index (χ0v) is 5.83. The molecule has 1 unspecified atom stereocenters. The van der Waals surface area contributed by atoms with Crippen LogP contribution in [0.15, 0.2) is 0 Å². The molecule has 0 saturated carbocycles. The first-order valence-corrected chi connectivity index (χ1v) is 2.97. The van der Waals surface area contributed by atoms with Gasteiger partial charge in [0, 0.05) is 0 Å². The van der Waals surface area contributed by atoms with E-state index in [0.717, 1.165) is 0 Å². The lowest BCUT2D eigenvalue weighted by Crippen LogP contribution is -1.84. The van der Waals surface area contributed by atoms with Crippen LogP contribution in [0.25, 0.3) is 0 Å². The maximum absolute atomic E-state index is 5.46. The van der Waals surface area contributed by atoms with E-state index < -0.39 is 0 Å². The fourth-order valence-electron chi connectivity index (χ4n) is 0.195. The predicted octanol–water partition coefficient (Wildman–Crippen LogP) is 1.61. The van der Waals surface area contributed by atoms with Gasteiger partial charge in [-0.2, -0.15) is 0 Å². The summed E-state index contributed by atoms with van der Waals surface area (Å²) < 4.78 is 4.70. The van der Waals surface area contributed by atoms with Gasteiger partial charge in [0.25, 0.3) is 0 Å². The van der Waals surface area contributed by atoms with Gasteiger partial charge in [-0.25, -0.2) is 0 Å². The van der Waals surface area contributed by atoms with Crippen LogP contribution in [0.3, 0.4) is 0 Å². The zero-order valence-electron chi connectivity index (χ0n) is 5.07. The summed E-state index contributed by atoms with van der Waals surface area (Å²) in [6.45, 7) is 4.30. The van der Waals surface area contributed by atoms with Gasteiger partial charge in [0.05, 0.1) is 12.0 Å². The zero-order chi connectivity index (χ0) is 6.41. The molecule has 0 spiro atoms. The minimum absolute atomic E-state index is 0.110. The molecular formula is C6H9ClO. The molecule has 0 aliphatic rings. The third-order valence-corrected chi connectivity index (χ3v) is 0.583. The molecule has 0 rings (SSSR count). The van der Waals surface area contributed by atoms with Crippen molar-refractivity contribution in [2.45, 2.75) is 19.2 Å². The van der Waals surface area contributed by atoms with Crippen molar-refractivity contribution in [3.63, 3.8) is 0 Å². The lowest BCUT2D eigenvalue weighted by atomic mass is 10.5. The number of hydrogen-bond donors (Lipinski definition) is 0. The second-order valence-corrected chi connectivity index (χ2v) is 1.95. The molecule has 0 saturated heterocycles. The summed E-state index contributed by atoms with van der Waals surface area (Å²) >= 11 is 5.46. The van der Waals surface area contributed by atoms with Crippen LogP contribution in [0.5, 0.6) is 0 Å². The molecule has 2 heteroatoms. The average Bonchev–Trinajstić information content (AvgIpc) is 1.66. The Morgan fingerprint density at radius 1 is 1.75 bits per heavy atom. The highest BCUT2D eigenvalue weighted by atomic mass is 35.5. The summed E-state index contributed by atoms with van der Waals surface area (Å²) in [6, 6.07) is 0. The van der Waals surface area contributed by atoms with Crippen LogP contribution in [0, 0.1) is 12.0 Å². The van der Waals surface area contributed by atoms with Crippen molar-refractivity contribution in [2.24, 2.45) is 0 Å². The number of ether oxygens (including phenoxy) is 1. The van der Waals surface area contributed by atoms with Crippen molar-refractivity contribution in [2.75, 3.05) is 6.61 Å². The lowest BCUT2D eigenvalue weighted by Gasteiger charge is -1.86. The highest BCUT2D eigenvalue weighted by Crippen LogP contribution is 1.87. The van der Waals surface area contributed by atoms with Gasteiger partial charge >= 0.3 is 0 Å². The standard InChI is InChI=1S/C6H9ClO/c1-3-8-5-4-6(2)7/h6H,3H2,1-2H3. The Hall–Kier alpha value is -0.350.